The number of carbonyl (C=O) groups is 3. The van der Waals surface area contributed by atoms with Crippen LogP contribution in [0.4, 0.5) is 0 Å². The van der Waals surface area contributed by atoms with Crippen LogP contribution < -0.4 is 16.2 Å². The van der Waals surface area contributed by atoms with E-state index in [1.807, 2.05) is 6.07 Å². The molecule has 2 aliphatic rings. The molecule has 166 valence electrons. The summed E-state index contributed by atoms with van der Waals surface area (Å²) in [5, 5.41) is 10.1. The Morgan fingerprint density at radius 3 is 2.45 bits per heavy atom. The summed E-state index contributed by atoms with van der Waals surface area (Å²) in [6.45, 7) is 1.12. The summed E-state index contributed by atoms with van der Waals surface area (Å²) < 4.78 is 11.0. The SMILES string of the molecule is CCOC(=O)C1=C(c2ccccc2)N(CC(N)=O)C(=O)[C@]12C(C#N)=C(N)Oc1ccccc12. The van der Waals surface area contributed by atoms with E-state index in [0.717, 1.165) is 4.90 Å². The van der Waals surface area contributed by atoms with Gasteiger partial charge in [0, 0.05) is 5.56 Å². The smallest absolute Gasteiger partial charge is 0.337 e. The van der Waals surface area contributed by atoms with Crippen LogP contribution in [0, 0.1) is 11.3 Å². The highest BCUT2D eigenvalue weighted by molar-refractivity contribution is 6.20. The van der Waals surface area contributed by atoms with Crippen molar-refractivity contribution < 1.29 is 23.9 Å². The summed E-state index contributed by atoms with van der Waals surface area (Å²) in [4.78, 5) is 40.7. The molecule has 2 aromatic rings. The van der Waals surface area contributed by atoms with Crippen LogP contribution in [0.3, 0.4) is 0 Å². The number of primary amides is 1. The standard InChI is InChI=1S/C24H20N4O5/c1-2-32-22(30)19-20(14-8-4-3-5-9-14)28(13-18(26)29)23(31)24(19)15-10-6-7-11-17(15)33-21(27)16(24)12-25/h3-11H,2,13,27H2,1H3,(H2,26,29)/t24-/m1/s1. The molecule has 0 radical (unpaired) electrons. The lowest BCUT2D eigenvalue weighted by atomic mass is 9.67. The second kappa shape index (κ2) is 8.16. The van der Waals surface area contributed by atoms with Crippen LogP contribution in [0.15, 0.2) is 71.6 Å². The number of ether oxygens (including phenoxy) is 2. The van der Waals surface area contributed by atoms with Crippen LogP contribution in [0.2, 0.25) is 0 Å². The minimum atomic E-state index is -1.97. The molecule has 4 N–H and O–H groups in total. The summed E-state index contributed by atoms with van der Waals surface area (Å²) >= 11 is 0. The second-order valence-electron chi connectivity index (χ2n) is 7.37. The van der Waals surface area contributed by atoms with Gasteiger partial charge < -0.3 is 25.8 Å². The summed E-state index contributed by atoms with van der Waals surface area (Å²) in [6.07, 6.45) is 0. The molecular weight excluding hydrogens is 424 g/mol. The third-order valence-corrected chi connectivity index (χ3v) is 5.53. The average molecular weight is 444 g/mol. The van der Waals surface area contributed by atoms with Crippen molar-refractivity contribution in [1.82, 2.24) is 4.90 Å². The second-order valence-corrected chi connectivity index (χ2v) is 7.37. The number of esters is 1. The molecule has 0 bridgehead atoms. The van der Waals surface area contributed by atoms with E-state index in [2.05, 4.69) is 0 Å². The Kier molecular flexibility index (Phi) is 5.35. The van der Waals surface area contributed by atoms with Gasteiger partial charge in [-0.2, -0.15) is 5.26 Å². The highest BCUT2D eigenvalue weighted by Gasteiger charge is 2.63. The molecule has 0 saturated carbocycles. The normalized spacial score (nSPS) is 19.3. The van der Waals surface area contributed by atoms with Crippen LogP contribution in [-0.4, -0.2) is 35.8 Å². The number of amides is 2. The Labute approximate surface area is 189 Å². The third kappa shape index (κ3) is 3.11. The fraction of sp³-hybridized carbons (Fsp3) is 0.167. The van der Waals surface area contributed by atoms with Gasteiger partial charge in [0.25, 0.3) is 0 Å². The molecule has 9 heteroatoms. The quantitative estimate of drug-likeness (QED) is 0.661. The lowest BCUT2D eigenvalue weighted by Crippen LogP contribution is -2.48. The van der Waals surface area contributed by atoms with E-state index >= 15 is 0 Å². The van der Waals surface area contributed by atoms with Crippen molar-refractivity contribution in [3.63, 3.8) is 0 Å². The number of rotatable bonds is 5. The van der Waals surface area contributed by atoms with Gasteiger partial charge in [0.05, 0.1) is 17.9 Å². The lowest BCUT2D eigenvalue weighted by Gasteiger charge is -2.35. The van der Waals surface area contributed by atoms with Crippen LogP contribution in [0.25, 0.3) is 5.70 Å². The molecule has 4 rings (SSSR count). The zero-order valence-corrected chi connectivity index (χ0v) is 17.7. The maximum Gasteiger partial charge on any atom is 0.337 e. The van der Waals surface area contributed by atoms with Crippen molar-refractivity contribution >= 4 is 23.5 Å². The highest BCUT2D eigenvalue weighted by atomic mass is 16.5. The van der Waals surface area contributed by atoms with Crippen LogP contribution >= 0.6 is 0 Å². The minimum absolute atomic E-state index is 0.0176. The molecule has 2 heterocycles. The molecule has 0 aliphatic carbocycles. The van der Waals surface area contributed by atoms with Crippen molar-refractivity contribution in [2.45, 2.75) is 12.3 Å². The number of nitrogens with zero attached hydrogens (tertiary/aromatic N) is 2. The summed E-state index contributed by atoms with van der Waals surface area (Å²) in [7, 11) is 0. The number of hydrogen-bond donors (Lipinski definition) is 2. The predicted octanol–water partition coefficient (Wildman–Crippen LogP) is 1.31. The van der Waals surface area contributed by atoms with Crippen LogP contribution in [0.1, 0.15) is 18.1 Å². The average Bonchev–Trinajstić information content (AvgIpc) is 3.04. The molecule has 1 spiro atoms. The third-order valence-electron chi connectivity index (χ3n) is 5.53. The van der Waals surface area contributed by atoms with Crippen molar-refractivity contribution in [3.8, 4) is 11.8 Å². The number of para-hydroxylation sites is 1. The summed E-state index contributed by atoms with van der Waals surface area (Å²) in [5.74, 6) is -2.46. The fourth-order valence-corrected chi connectivity index (χ4v) is 4.35. The van der Waals surface area contributed by atoms with Crippen LogP contribution in [0.5, 0.6) is 5.75 Å². The Hall–Kier alpha value is -4.58. The van der Waals surface area contributed by atoms with E-state index in [9.17, 15) is 19.6 Å². The summed E-state index contributed by atoms with van der Waals surface area (Å²) in [6, 6.07) is 17.0. The predicted molar refractivity (Wildman–Crippen MR) is 116 cm³/mol. The van der Waals surface area contributed by atoms with Gasteiger partial charge in [0.2, 0.25) is 17.7 Å². The topological polar surface area (TPSA) is 149 Å². The number of nitriles is 1. The fourth-order valence-electron chi connectivity index (χ4n) is 4.35. The first-order valence-corrected chi connectivity index (χ1v) is 10.1. The Bertz CT molecular complexity index is 1280. The maximum absolute atomic E-state index is 14.2. The van der Waals surface area contributed by atoms with Crippen molar-refractivity contribution in [2.75, 3.05) is 13.2 Å². The molecular formula is C24H20N4O5. The van der Waals surface area contributed by atoms with E-state index in [1.165, 1.54) is 0 Å². The van der Waals surface area contributed by atoms with Gasteiger partial charge >= 0.3 is 5.97 Å². The molecule has 2 amide bonds. The van der Waals surface area contributed by atoms with Crippen molar-refractivity contribution in [1.29, 1.82) is 5.26 Å². The van der Waals surface area contributed by atoms with Gasteiger partial charge in [0.15, 0.2) is 5.41 Å². The van der Waals surface area contributed by atoms with Crippen LogP contribution in [-0.2, 0) is 24.5 Å². The number of carbonyl (C=O) groups excluding carboxylic acids is 3. The zero-order chi connectivity index (χ0) is 23.8. The molecule has 0 saturated heterocycles. The number of benzene rings is 2. The Morgan fingerprint density at radius 2 is 1.82 bits per heavy atom. The largest absolute Gasteiger partial charge is 0.463 e. The van der Waals surface area contributed by atoms with E-state index < -0.39 is 29.7 Å². The Morgan fingerprint density at radius 1 is 1.15 bits per heavy atom. The maximum atomic E-state index is 14.2. The highest BCUT2D eigenvalue weighted by Crippen LogP contribution is 2.55. The monoisotopic (exact) mass is 444 g/mol. The molecule has 33 heavy (non-hydrogen) atoms. The molecule has 2 aliphatic heterocycles. The first-order valence-electron chi connectivity index (χ1n) is 10.1. The van der Waals surface area contributed by atoms with Crippen molar-refractivity contribution in [3.05, 3.63) is 82.8 Å². The van der Waals surface area contributed by atoms with Gasteiger partial charge in [-0.1, -0.05) is 48.5 Å². The molecule has 0 unspecified atom stereocenters. The number of fused-ring (bicyclic) bond motifs is 2. The van der Waals surface area contributed by atoms with Gasteiger partial charge in [0.1, 0.15) is 23.9 Å². The van der Waals surface area contributed by atoms with Gasteiger partial charge in [-0.05, 0) is 18.6 Å². The van der Waals surface area contributed by atoms with Gasteiger partial charge in [-0.3, -0.25) is 9.59 Å². The van der Waals surface area contributed by atoms with E-state index in [1.54, 1.807) is 61.5 Å². The first-order chi connectivity index (χ1) is 15.9. The van der Waals surface area contributed by atoms with Crippen molar-refractivity contribution in [2.24, 2.45) is 11.5 Å². The van der Waals surface area contributed by atoms with Gasteiger partial charge in [-0.15, -0.1) is 0 Å². The molecule has 1 atom stereocenters. The van der Waals surface area contributed by atoms with E-state index in [4.69, 9.17) is 20.9 Å². The number of nitrogens with two attached hydrogens (primary N) is 2. The molecule has 0 aromatic heterocycles. The summed E-state index contributed by atoms with van der Waals surface area (Å²) in [5.41, 5.74) is 10.0. The first kappa shape index (κ1) is 21.6. The lowest BCUT2D eigenvalue weighted by molar-refractivity contribution is -0.141. The molecule has 0 fully saturated rings. The van der Waals surface area contributed by atoms with E-state index in [0.29, 0.717) is 5.56 Å². The molecule has 2 aromatic carbocycles. The zero-order valence-electron chi connectivity index (χ0n) is 17.7. The Balaban J connectivity index is 2.19. The number of hydrogen-bond acceptors (Lipinski definition) is 7. The molecule has 9 nitrogen and oxygen atoms in total. The minimum Gasteiger partial charge on any atom is -0.463 e. The van der Waals surface area contributed by atoms with Gasteiger partial charge in [-0.25, -0.2) is 4.79 Å². The van der Waals surface area contributed by atoms with E-state index in [-0.39, 0.29) is 40.6 Å².